The van der Waals surface area contributed by atoms with E-state index in [4.69, 9.17) is 14.9 Å². The van der Waals surface area contributed by atoms with Crippen LogP contribution >= 0.6 is 0 Å². The molecule has 0 radical (unpaired) electrons. The molecule has 0 unspecified atom stereocenters. The molecule has 43 heavy (non-hydrogen) atoms. The number of hydrogen-bond acceptors (Lipinski definition) is 4. The number of anilines is 1. The van der Waals surface area contributed by atoms with E-state index in [1.165, 1.54) is 22.3 Å². The summed E-state index contributed by atoms with van der Waals surface area (Å²) in [6.07, 6.45) is -0.0656. The Morgan fingerprint density at radius 1 is 0.721 bits per heavy atom. The van der Waals surface area contributed by atoms with Crippen LogP contribution in [0.15, 0.2) is 72.8 Å². The topological polar surface area (TPSA) is 95.9 Å². The Hall–Kier alpha value is -3.64. The van der Waals surface area contributed by atoms with Crippen molar-refractivity contribution < 1.29 is 24.5 Å². The molecule has 1 aliphatic carbocycles. The molecule has 0 spiro atoms. The number of aliphatic hydroxyl groups is 1. The smallest absolute Gasteiger partial charge is 0.411 e. The molecule has 0 bridgehead atoms. The van der Waals surface area contributed by atoms with Crippen molar-refractivity contribution in [3.8, 4) is 11.1 Å². The Morgan fingerprint density at radius 3 is 1.51 bits per heavy atom. The SMILES string of the molecule is C.C.C.CC.CC.CC.CC.CO.C[C@H](Cc1ccc(NC(=O)OCC2c3ccccc3-c3ccccc32)cc1)C(=O)O. The van der Waals surface area contributed by atoms with E-state index in [1.54, 1.807) is 19.1 Å². The molecule has 0 aliphatic heterocycles. The second-order valence-electron chi connectivity index (χ2n) is 7.59. The molecule has 4 rings (SSSR count). The number of benzene rings is 3. The number of amides is 1. The number of aliphatic hydroxyl groups excluding tert-OH is 1. The van der Waals surface area contributed by atoms with E-state index < -0.39 is 18.0 Å². The van der Waals surface area contributed by atoms with Gasteiger partial charge in [-0.25, -0.2) is 4.79 Å². The van der Waals surface area contributed by atoms with Gasteiger partial charge in [-0.05, 0) is 46.4 Å². The number of carbonyl (C=O) groups is 2. The van der Waals surface area contributed by atoms with Gasteiger partial charge in [-0.15, -0.1) is 0 Å². The number of carbonyl (C=O) groups excluding carboxylic acids is 1. The highest BCUT2D eigenvalue weighted by Gasteiger charge is 2.29. The van der Waals surface area contributed by atoms with Crippen molar-refractivity contribution in [2.75, 3.05) is 19.0 Å². The molecule has 3 N–H and O–H groups in total. The molecule has 1 amide bonds. The third-order valence-electron chi connectivity index (χ3n) is 5.51. The highest BCUT2D eigenvalue weighted by Crippen LogP contribution is 2.44. The Kier molecular flexibility index (Phi) is 34.0. The van der Waals surface area contributed by atoms with Crippen molar-refractivity contribution in [3.63, 3.8) is 0 Å². The summed E-state index contributed by atoms with van der Waals surface area (Å²) < 4.78 is 5.54. The summed E-state index contributed by atoms with van der Waals surface area (Å²) >= 11 is 0. The Balaban J connectivity index is -0.000000337. The van der Waals surface area contributed by atoms with E-state index in [2.05, 4.69) is 29.6 Å². The van der Waals surface area contributed by atoms with Crippen LogP contribution in [0.5, 0.6) is 0 Å². The normalized spacial score (nSPS) is 9.93. The number of fused-ring (bicyclic) bond motifs is 3. The lowest BCUT2D eigenvalue weighted by Crippen LogP contribution is -2.18. The average molecular weight is 602 g/mol. The summed E-state index contributed by atoms with van der Waals surface area (Å²) in [7, 11) is 1.00. The van der Waals surface area contributed by atoms with E-state index >= 15 is 0 Å². The van der Waals surface area contributed by atoms with Gasteiger partial charge in [-0.3, -0.25) is 10.1 Å². The first kappa shape index (κ1) is 49.1. The number of aliphatic carboxylic acids is 1. The number of carboxylic acids is 1. The lowest BCUT2D eigenvalue weighted by atomic mass is 9.98. The molecular formula is C37H63NO5. The van der Waals surface area contributed by atoms with Crippen molar-refractivity contribution in [2.45, 2.75) is 96.9 Å². The molecule has 1 atom stereocenters. The summed E-state index contributed by atoms with van der Waals surface area (Å²) in [4.78, 5) is 23.3. The summed E-state index contributed by atoms with van der Waals surface area (Å²) in [6, 6.07) is 23.6. The van der Waals surface area contributed by atoms with Crippen molar-refractivity contribution in [2.24, 2.45) is 5.92 Å². The number of rotatable bonds is 6. The molecule has 1 aliphatic rings. The zero-order valence-electron chi connectivity index (χ0n) is 26.1. The fraction of sp³-hybridized carbons (Fsp3) is 0.459. The molecule has 0 aromatic heterocycles. The molecular weight excluding hydrogens is 538 g/mol. The van der Waals surface area contributed by atoms with Crippen LogP contribution < -0.4 is 5.32 Å². The summed E-state index contributed by atoms with van der Waals surface area (Å²) in [6.45, 7) is 17.9. The zero-order valence-corrected chi connectivity index (χ0v) is 26.1. The molecule has 246 valence electrons. The Labute approximate surface area is 264 Å². The van der Waals surface area contributed by atoms with Crippen LogP contribution in [0.2, 0.25) is 0 Å². The van der Waals surface area contributed by atoms with Gasteiger partial charge in [0.1, 0.15) is 6.61 Å². The first-order chi connectivity index (χ1) is 19.5. The third-order valence-corrected chi connectivity index (χ3v) is 5.51. The van der Waals surface area contributed by atoms with Crippen molar-refractivity contribution >= 4 is 17.7 Å². The van der Waals surface area contributed by atoms with Gasteiger partial charge in [0.15, 0.2) is 0 Å². The van der Waals surface area contributed by atoms with Gasteiger partial charge in [0.2, 0.25) is 0 Å². The van der Waals surface area contributed by atoms with Gasteiger partial charge >= 0.3 is 12.1 Å². The standard InChI is InChI=1S/C25H23NO4.4C2H6.CH4O.3CH4/c1-16(24(27)28)14-17-10-12-18(13-11-17)26-25(29)30-15-23-21-8-4-2-6-19(21)20-7-3-5-9-22(20)23;5*1-2;;;/h2-13,16,23H,14-15H2,1H3,(H,26,29)(H,27,28);4*1-2H3;2H,1H3;3*1H4/t16-;;;;;;;;/m1......../s1. The Morgan fingerprint density at radius 2 is 1.12 bits per heavy atom. The van der Waals surface area contributed by atoms with E-state index in [0.29, 0.717) is 12.1 Å². The van der Waals surface area contributed by atoms with Crippen LogP contribution in [-0.4, -0.2) is 36.0 Å². The minimum Gasteiger partial charge on any atom is -0.481 e. The molecule has 3 aromatic carbocycles. The van der Waals surface area contributed by atoms with E-state index in [9.17, 15) is 9.59 Å². The van der Waals surface area contributed by atoms with Crippen molar-refractivity contribution in [1.29, 1.82) is 0 Å². The van der Waals surface area contributed by atoms with Gasteiger partial charge in [0, 0.05) is 18.7 Å². The van der Waals surface area contributed by atoms with Crippen molar-refractivity contribution in [3.05, 3.63) is 89.5 Å². The number of ether oxygens (including phenoxy) is 1. The largest absolute Gasteiger partial charge is 0.481 e. The highest BCUT2D eigenvalue weighted by molar-refractivity contribution is 5.85. The van der Waals surface area contributed by atoms with E-state index in [0.717, 1.165) is 12.7 Å². The molecule has 0 saturated heterocycles. The molecule has 0 heterocycles. The van der Waals surface area contributed by atoms with Crippen LogP contribution in [0.25, 0.3) is 11.1 Å². The molecule has 6 nitrogen and oxygen atoms in total. The first-order valence-electron chi connectivity index (χ1n) is 14.4. The maximum atomic E-state index is 12.3. The van der Waals surface area contributed by atoms with Gasteiger partial charge < -0.3 is 14.9 Å². The lowest BCUT2D eigenvalue weighted by Gasteiger charge is -2.15. The maximum Gasteiger partial charge on any atom is 0.411 e. The number of nitrogens with one attached hydrogen (secondary N) is 1. The average Bonchev–Trinajstić information content (AvgIpc) is 3.35. The van der Waals surface area contributed by atoms with Crippen molar-refractivity contribution in [1.82, 2.24) is 0 Å². The van der Waals surface area contributed by atoms with Crippen LogP contribution in [-0.2, 0) is 16.0 Å². The fourth-order valence-corrected chi connectivity index (χ4v) is 3.92. The second-order valence-corrected chi connectivity index (χ2v) is 7.59. The monoisotopic (exact) mass is 601 g/mol. The minimum atomic E-state index is -0.823. The van der Waals surface area contributed by atoms with Crippen LogP contribution in [0.4, 0.5) is 10.5 Å². The van der Waals surface area contributed by atoms with Crippen LogP contribution in [0, 0.1) is 5.92 Å². The third kappa shape index (κ3) is 15.4. The summed E-state index contributed by atoms with van der Waals surface area (Å²) in [5, 5.41) is 18.8. The van der Waals surface area contributed by atoms with E-state index in [1.807, 2.05) is 91.8 Å². The van der Waals surface area contributed by atoms with Gasteiger partial charge in [-0.2, -0.15) is 0 Å². The molecule has 3 aromatic rings. The molecule has 0 fully saturated rings. The van der Waals surface area contributed by atoms with Gasteiger partial charge in [0.25, 0.3) is 0 Å². The maximum absolute atomic E-state index is 12.3. The molecule has 0 saturated carbocycles. The van der Waals surface area contributed by atoms with Crippen LogP contribution in [0.3, 0.4) is 0 Å². The fourth-order valence-electron chi connectivity index (χ4n) is 3.92. The number of hydrogen-bond donors (Lipinski definition) is 3. The van der Waals surface area contributed by atoms with Gasteiger partial charge in [0.05, 0.1) is 5.92 Å². The van der Waals surface area contributed by atoms with Crippen LogP contribution in [0.1, 0.15) is 107 Å². The second kappa shape index (κ2) is 29.8. The quantitative estimate of drug-likeness (QED) is 0.261. The number of carboxylic acid groups (broad SMARTS) is 1. The highest BCUT2D eigenvalue weighted by atomic mass is 16.5. The van der Waals surface area contributed by atoms with E-state index in [-0.39, 0.29) is 34.8 Å². The first-order valence-corrected chi connectivity index (χ1v) is 14.4. The zero-order chi connectivity index (χ0) is 31.1. The molecule has 6 heteroatoms. The predicted octanol–water partition coefficient (Wildman–Crippen LogP) is 10.9. The lowest BCUT2D eigenvalue weighted by molar-refractivity contribution is -0.141. The summed E-state index contributed by atoms with van der Waals surface area (Å²) in [5.74, 6) is -1.26. The van der Waals surface area contributed by atoms with Gasteiger partial charge in [-0.1, -0.05) is 145 Å². The minimum absolute atomic E-state index is 0. The summed E-state index contributed by atoms with van der Waals surface area (Å²) in [5.41, 5.74) is 6.23. The predicted molar refractivity (Wildman–Crippen MR) is 189 cm³/mol. The Bertz CT molecular complexity index is 1030.